The van der Waals surface area contributed by atoms with Crippen LogP contribution < -0.4 is 5.32 Å². The first kappa shape index (κ1) is 17.0. The number of carbonyl (C=O) groups is 1. The molecule has 6 heteroatoms. The molecule has 5 rings (SSSR count). The van der Waals surface area contributed by atoms with Gasteiger partial charge in [0.15, 0.2) is 11.6 Å². The van der Waals surface area contributed by atoms with Crippen LogP contribution in [0, 0.1) is 29.4 Å². The monoisotopic (exact) mass is 389 g/mol. The molecular formula is C21H18ClF2NO2. The fourth-order valence-corrected chi connectivity index (χ4v) is 6.01. The first-order valence-corrected chi connectivity index (χ1v) is 9.60. The highest BCUT2D eigenvalue weighted by Gasteiger charge is 2.54. The predicted molar refractivity (Wildman–Crippen MR) is 98.2 cm³/mol. The first-order chi connectivity index (χ1) is 12.9. The van der Waals surface area contributed by atoms with Crippen LogP contribution >= 0.6 is 11.6 Å². The Kier molecular flexibility index (Phi) is 3.73. The number of carboxylic acids is 1. The number of anilines is 1. The summed E-state index contributed by atoms with van der Waals surface area (Å²) in [5, 5.41) is 13.5. The number of hydrogen-bond donors (Lipinski definition) is 2. The molecule has 0 amide bonds. The third-order valence-corrected chi connectivity index (χ3v) is 6.91. The zero-order valence-corrected chi connectivity index (χ0v) is 15.1. The lowest BCUT2D eigenvalue weighted by molar-refractivity contribution is 0.0693. The van der Waals surface area contributed by atoms with Crippen molar-refractivity contribution in [3.63, 3.8) is 0 Å². The molecule has 0 aromatic heterocycles. The molecule has 3 aliphatic rings. The van der Waals surface area contributed by atoms with Gasteiger partial charge in [0, 0.05) is 10.7 Å². The second kappa shape index (κ2) is 5.93. The second-order valence-corrected chi connectivity index (χ2v) is 8.39. The number of halogens is 3. The van der Waals surface area contributed by atoms with Gasteiger partial charge >= 0.3 is 5.97 Å². The summed E-state index contributed by atoms with van der Waals surface area (Å²) in [5.41, 5.74) is 2.46. The maximum Gasteiger partial charge on any atom is 0.336 e. The van der Waals surface area contributed by atoms with E-state index in [0.717, 1.165) is 30.9 Å². The molecule has 2 saturated carbocycles. The highest BCUT2D eigenvalue weighted by atomic mass is 35.5. The maximum atomic E-state index is 13.9. The molecule has 2 aromatic carbocycles. The van der Waals surface area contributed by atoms with E-state index in [-0.39, 0.29) is 23.4 Å². The van der Waals surface area contributed by atoms with E-state index in [9.17, 15) is 18.7 Å². The summed E-state index contributed by atoms with van der Waals surface area (Å²) in [6.45, 7) is 0. The number of fused-ring (bicyclic) bond motifs is 7. The van der Waals surface area contributed by atoms with Gasteiger partial charge in [-0.1, -0.05) is 17.7 Å². The molecule has 2 N–H and O–H groups in total. The summed E-state index contributed by atoms with van der Waals surface area (Å²) in [6.07, 6.45) is 3.23. The van der Waals surface area contributed by atoms with Crippen LogP contribution in [0.15, 0.2) is 30.3 Å². The Morgan fingerprint density at radius 3 is 2.63 bits per heavy atom. The Bertz CT molecular complexity index is 963. The molecule has 140 valence electrons. The van der Waals surface area contributed by atoms with Gasteiger partial charge in [-0.2, -0.15) is 0 Å². The Morgan fingerprint density at radius 1 is 1.11 bits per heavy atom. The summed E-state index contributed by atoms with van der Waals surface area (Å²) < 4.78 is 27.3. The van der Waals surface area contributed by atoms with Crippen molar-refractivity contribution in [1.82, 2.24) is 0 Å². The molecule has 2 aromatic rings. The number of aromatic carboxylic acids is 1. The van der Waals surface area contributed by atoms with Crippen molar-refractivity contribution in [3.8, 4) is 0 Å². The zero-order chi connectivity index (χ0) is 18.9. The van der Waals surface area contributed by atoms with Gasteiger partial charge < -0.3 is 10.4 Å². The summed E-state index contributed by atoms with van der Waals surface area (Å²) in [4.78, 5) is 11.9. The van der Waals surface area contributed by atoms with Crippen LogP contribution in [0.5, 0.6) is 0 Å². The lowest BCUT2D eigenvalue weighted by Crippen LogP contribution is -2.36. The maximum absolute atomic E-state index is 13.9. The zero-order valence-electron chi connectivity index (χ0n) is 14.4. The SMILES string of the molecule is O=C(O)c1cc(Cl)cc2c1[C@H]1[C@H]3CC[C@H](C3)[C@@H]1[C@H](c1ccc(F)c(F)c1)N2. The van der Waals surface area contributed by atoms with Gasteiger partial charge in [-0.25, -0.2) is 13.6 Å². The lowest BCUT2D eigenvalue weighted by atomic mass is 9.67. The van der Waals surface area contributed by atoms with Gasteiger partial charge in [-0.05, 0) is 78.3 Å². The van der Waals surface area contributed by atoms with Crippen molar-refractivity contribution in [2.24, 2.45) is 17.8 Å². The van der Waals surface area contributed by atoms with Crippen molar-refractivity contribution in [1.29, 1.82) is 0 Å². The largest absolute Gasteiger partial charge is 0.478 e. The van der Waals surface area contributed by atoms with Crippen molar-refractivity contribution < 1.29 is 18.7 Å². The molecule has 2 aliphatic carbocycles. The van der Waals surface area contributed by atoms with Crippen molar-refractivity contribution in [2.45, 2.75) is 31.2 Å². The van der Waals surface area contributed by atoms with Gasteiger partial charge in [0.2, 0.25) is 0 Å². The Hall–Kier alpha value is -2.14. The minimum Gasteiger partial charge on any atom is -0.478 e. The summed E-state index contributed by atoms with van der Waals surface area (Å²) in [7, 11) is 0. The number of nitrogens with one attached hydrogen (secondary N) is 1. The minimum atomic E-state index is -0.983. The fraction of sp³-hybridized carbons (Fsp3) is 0.381. The second-order valence-electron chi connectivity index (χ2n) is 7.95. The van der Waals surface area contributed by atoms with Gasteiger partial charge in [0.25, 0.3) is 0 Å². The van der Waals surface area contributed by atoms with Crippen LogP contribution in [0.3, 0.4) is 0 Å². The minimum absolute atomic E-state index is 0.0986. The first-order valence-electron chi connectivity index (χ1n) is 9.22. The molecule has 0 saturated heterocycles. The van der Waals surface area contributed by atoms with Crippen LogP contribution in [0.25, 0.3) is 0 Å². The third kappa shape index (κ3) is 2.48. The van der Waals surface area contributed by atoms with E-state index >= 15 is 0 Å². The van der Waals surface area contributed by atoms with Crippen LogP contribution in [0.2, 0.25) is 5.02 Å². The number of benzene rings is 2. The third-order valence-electron chi connectivity index (χ3n) is 6.69. The number of hydrogen-bond acceptors (Lipinski definition) is 2. The highest BCUT2D eigenvalue weighted by molar-refractivity contribution is 6.31. The van der Waals surface area contributed by atoms with Crippen LogP contribution in [0.1, 0.15) is 52.7 Å². The summed E-state index contributed by atoms with van der Waals surface area (Å²) >= 11 is 6.17. The van der Waals surface area contributed by atoms with E-state index in [4.69, 9.17) is 11.6 Å². The normalized spacial score (nSPS) is 30.6. The average molecular weight is 390 g/mol. The number of rotatable bonds is 2. The predicted octanol–water partition coefficient (Wildman–Crippen LogP) is 5.61. The molecule has 1 heterocycles. The topological polar surface area (TPSA) is 49.3 Å². The summed E-state index contributed by atoms with van der Waals surface area (Å²) in [5.74, 6) is -1.57. The van der Waals surface area contributed by atoms with E-state index in [2.05, 4.69) is 5.32 Å². The van der Waals surface area contributed by atoms with E-state index in [1.807, 2.05) is 0 Å². The van der Waals surface area contributed by atoms with Crippen molar-refractivity contribution in [2.75, 3.05) is 5.32 Å². The van der Waals surface area contributed by atoms with Crippen LogP contribution in [-0.4, -0.2) is 11.1 Å². The molecular weight excluding hydrogens is 372 g/mol. The van der Waals surface area contributed by atoms with Crippen LogP contribution in [0.4, 0.5) is 14.5 Å². The van der Waals surface area contributed by atoms with Gasteiger partial charge in [-0.3, -0.25) is 0 Å². The average Bonchev–Trinajstić information content (AvgIpc) is 3.24. The Morgan fingerprint density at radius 2 is 1.89 bits per heavy atom. The molecule has 1 aliphatic heterocycles. The molecule has 0 spiro atoms. The van der Waals surface area contributed by atoms with E-state index < -0.39 is 17.6 Å². The smallest absolute Gasteiger partial charge is 0.336 e. The molecule has 27 heavy (non-hydrogen) atoms. The molecule has 5 atom stereocenters. The van der Waals surface area contributed by atoms with E-state index in [1.54, 1.807) is 12.1 Å². The molecule has 2 fully saturated rings. The van der Waals surface area contributed by atoms with Gasteiger partial charge in [0.05, 0.1) is 11.6 Å². The van der Waals surface area contributed by atoms with Gasteiger partial charge in [-0.15, -0.1) is 0 Å². The van der Waals surface area contributed by atoms with Crippen molar-refractivity contribution in [3.05, 3.63) is 63.7 Å². The molecule has 2 bridgehead atoms. The summed E-state index contributed by atoms with van der Waals surface area (Å²) in [6, 6.07) is 7.11. The van der Waals surface area contributed by atoms with Gasteiger partial charge in [0.1, 0.15) is 0 Å². The molecule has 0 unspecified atom stereocenters. The fourth-order valence-electron chi connectivity index (χ4n) is 5.79. The molecule has 3 nitrogen and oxygen atoms in total. The van der Waals surface area contributed by atoms with Crippen LogP contribution in [-0.2, 0) is 0 Å². The number of carboxylic acid groups (broad SMARTS) is 1. The lowest BCUT2D eigenvalue weighted by Gasteiger charge is -2.44. The molecule has 0 radical (unpaired) electrons. The Balaban J connectivity index is 1.69. The van der Waals surface area contributed by atoms with E-state index in [1.165, 1.54) is 12.1 Å². The highest BCUT2D eigenvalue weighted by Crippen LogP contribution is 2.64. The quantitative estimate of drug-likeness (QED) is 0.701. The Labute approximate surface area is 160 Å². The van der Waals surface area contributed by atoms with E-state index in [0.29, 0.717) is 28.1 Å². The standard InChI is InChI=1S/C21H18ClF2NO2/c22-12-7-13(21(26)27)19-16(8-12)25-20(11-3-4-14(23)15(24)6-11)18-10-2-1-9(5-10)17(18)19/h3-4,6-10,17-18,20,25H,1-2,5H2,(H,26,27)/t9-,10+,17-,18-,20-/m0/s1. The van der Waals surface area contributed by atoms with Crippen molar-refractivity contribution >= 4 is 23.3 Å².